The van der Waals surface area contributed by atoms with Gasteiger partial charge in [-0.3, -0.25) is 9.10 Å². The highest BCUT2D eigenvalue weighted by Gasteiger charge is 2.30. The zero-order chi connectivity index (χ0) is 20.2. The molecule has 2 aromatic rings. The van der Waals surface area contributed by atoms with Crippen LogP contribution >= 0.6 is 11.6 Å². The summed E-state index contributed by atoms with van der Waals surface area (Å²) in [6.45, 7) is 5.51. The second-order valence-electron chi connectivity index (χ2n) is 6.54. The van der Waals surface area contributed by atoms with Crippen LogP contribution in [-0.4, -0.2) is 26.6 Å². The molecule has 146 valence electrons. The molecule has 0 aliphatic heterocycles. The SMILES string of the molecule is CCc1ccc(C(C)NC(=O)C(C)N(c2cccc(Cl)c2)S(C)(=O)=O)cc1. The Morgan fingerprint density at radius 1 is 1.15 bits per heavy atom. The number of carbonyl (C=O) groups excluding carboxylic acids is 1. The quantitative estimate of drug-likeness (QED) is 0.754. The summed E-state index contributed by atoms with van der Waals surface area (Å²) < 4.78 is 25.7. The number of halogens is 1. The summed E-state index contributed by atoms with van der Waals surface area (Å²) in [7, 11) is -3.67. The summed E-state index contributed by atoms with van der Waals surface area (Å²) in [5, 5.41) is 3.29. The number of rotatable bonds is 7. The van der Waals surface area contributed by atoms with Gasteiger partial charge in [-0.1, -0.05) is 48.9 Å². The second-order valence-corrected chi connectivity index (χ2v) is 8.84. The standard InChI is InChI=1S/C20H25ClN2O3S/c1-5-16-9-11-17(12-10-16)14(2)22-20(24)15(3)23(27(4,25)26)19-8-6-7-18(21)13-19/h6-15H,5H2,1-4H3,(H,22,24). The van der Waals surface area contributed by atoms with E-state index in [4.69, 9.17) is 11.6 Å². The molecule has 0 aliphatic rings. The first-order valence-electron chi connectivity index (χ1n) is 8.77. The lowest BCUT2D eigenvalue weighted by atomic mass is 10.0. The maximum Gasteiger partial charge on any atom is 0.244 e. The molecule has 1 N–H and O–H groups in total. The van der Waals surface area contributed by atoms with Crippen LogP contribution < -0.4 is 9.62 Å². The van der Waals surface area contributed by atoms with Crippen LogP contribution in [0, 0.1) is 0 Å². The number of anilines is 1. The third-order valence-corrected chi connectivity index (χ3v) is 5.87. The fourth-order valence-electron chi connectivity index (χ4n) is 2.88. The van der Waals surface area contributed by atoms with E-state index in [0.717, 1.165) is 22.5 Å². The van der Waals surface area contributed by atoms with Crippen molar-refractivity contribution in [1.82, 2.24) is 5.32 Å². The zero-order valence-corrected chi connectivity index (χ0v) is 17.5. The first-order valence-corrected chi connectivity index (χ1v) is 11.0. The molecule has 0 heterocycles. The molecule has 0 radical (unpaired) electrons. The number of amides is 1. The van der Waals surface area contributed by atoms with E-state index in [1.807, 2.05) is 31.2 Å². The molecule has 0 saturated carbocycles. The van der Waals surface area contributed by atoms with Crippen LogP contribution in [0.2, 0.25) is 5.02 Å². The molecule has 0 spiro atoms. The summed E-state index contributed by atoms with van der Waals surface area (Å²) >= 11 is 5.99. The van der Waals surface area contributed by atoms with Crippen molar-refractivity contribution in [1.29, 1.82) is 0 Å². The third kappa shape index (κ3) is 5.47. The van der Waals surface area contributed by atoms with E-state index in [9.17, 15) is 13.2 Å². The lowest BCUT2D eigenvalue weighted by Gasteiger charge is -2.29. The monoisotopic (exact) mass is 408 g/mol. The molecule has 2 rings (SSSR count). The maximum atomic E-state index is 12.7. The van der Waals surface area contributed by atoms with Crippen LogP contribution in [-0.2, 0) is 21.2 Å². The Morgan fingerprint density at radius 3 is 2.30 bits per heavy atom. The van der Waals surface area contributed by atoms with E-state index < -0.39 is 16.1 Å². The zero-order valence-electron chi connectivity index (χ0n) is 15.9. The van der Waals surface area contributed by atoms with Crippen molar-refractivity contribution in [3.63, 3.8) is 0 Å². The predicted octanol–water partition coefficient (Wildman–Crippen LogP) is 3.93. The molecule has 0 fully saturated rings. The van der Waals surface area contributed by atoms with Crippen molar-refractivity contribution in [2.75, 3.05) is 10.6 Å². The van der Waals surface area contributed by atoms with Crippen molar-refractivity contribution >= 4 is 33.2 Å². The van der Waals surface area contributed by atoms with Gasteiger partial charge in [0.15, 0.2) is 0 Å². The molecule has 5 nitrogen and oxygen atoms in total. The molecule has 2 aromatic carbocycles. The van der Waals surface area contributed by atoms with E-state index in [-0.39, 0.29) is 11.9 Å². The highest BCUT2D eigenvalue weighted by Crippen LogP contribution is 2.24. The summed E-state index contributed by atoms with van der Waals surface area (Å²) in [6.07, 6.45) is 2.02. The lowest BCUT2D eigenvalue weighted by Crippen LogP contribution is -2.48. The van der Waals surface area contributed by atoms with Gasteiger partial charge in [0.1, 0.15) is 6.04 Å². The Labute approximate surface area is 166 Å². The molecule has 1 amide bonds. The van der Waals surface area contributed by atoms with Gasteiger partial charge in [-0.05, 0) is 49.6 Å². The van der Waals surface area contributed by atoms with Crippen LogP contribution in [0.15, 0.2) is 48.5 Å². The van der Waals surface area contributed by atoms with E-state index in [1.165, 1.54) is 11.6 Å². The first-order chi connectivity index (χ1) is 12.6. The van der Waals surface area contributed by atoms with Crippen LogP contribution in [0.3, 0.4) is 0 Å². The van der Waals surface area contributed by atoms with E-state index in [0.29, 0.717) is 10.7 Å². The number of carbonyl (C=O) groups is 1. The minimum atomic E-state index is -3.67. The number of hydrogen-bond acceptors (Lipinski definition) is 3. The molecule has 0 aromatic heterocycles. The molecule has 0 aliphatic carbocycles. The van der Waals surface area contributed by atoms with Gasteiger partial charge in [0, 0.05) is 5.02 Å². The van der Waals surface area contributed by atoms with Crippen LogP contribution in [0.25, 0.3) is 0 Å². The fraction of sp³-hybridized carbons (Fsp3) is 0.350. The topological polar surface area (TPSA) is 66.5 Å². The second kappa shape index (κ2) is 8.76. The summed E-state index contributed by atoms with van der Waals surface area (Å²) in [6, 6.07) is 13.3. The molecule has 7 heteroatoms. The average molecular weight is 409 g/mol. The van der Waals surface area contributed by atoms with Gasteiger partial charge in [-0.2, -0.15) is 0 Å². The molecule has 27 heavy (non-hydrogen) atoms. The number of benzene rings is 2. The minimum absolute atomic E-state index is 0.244. The molecule has 2 unspecified atom stereocenters. The number of hydrogen-bond donors (Lipinski definition) is 1. The number of aryl methyl sites for hydroxylation is 1. The number of sulfonamides is 1. The maximum absolute atomic E-state index is 12.7. The molecule has 2 atom stereocenters. The van der Waals surface area contributed by atoms with Gasteiger partial charge in [-0.25, -0.2) is 8.42 Å². The summed E-state index contributed by atoms with van der Waals surface area (Å²) in [5.74, 6) is -0.382. The fourth-order valence-corrected chi connectivity index (χ4v) is 4.23. The Morgan fingerprint density at radius 2 is 1.78 bits per heavy atom. The largest absolute Gasteiger partial charge is 0.348 e. The van der Waals surface area contributed by atoms with Gasteiger partial charge in [0.2, 0.25) is 15.9 Å². The summed E-state index contributed by atoms with van der Waals surface area (Å²) in [4.78, 5) is 12.7. The minimum Gasteiger partial charge on any atom is -0.348 e. The average Bonchev–Trinajstić information content (AvgIpc) is 2.60. The summed E-state index contributed by atoms with van der Waals surface area (Å²) in [5.41, 5.74) is 2.53. The molecular formula is C20H25ClN2O3S. The Kier molecular flexibility index (Phi) is 6.89. The van der Waals surface area contributed by atoms with Crippen LogP contribution in [0.4, 0.5) is 5.69 Å². The predicted molar refractivity (Wildman–Crippen MR) is 111 cm³/mol. The Hall–Kier alpha value is -2.05. The van der Waals surface area contributed by atoms with Crippen molar-refractivity contribution < 1.29 is 13.2 Å². The third-order valence-electron chi connectivity index (χ3n) is 4.40. The van der Waals surface area contributed by atoms with E-state index in [1.54, 1.807) is 25.1 Å². The van der Waals surface area contributed by atoms with Gasteiger partial charge in [0.05, 0.1) is 18.0 Å². The van der Waals surface area contributed by atoms with Gasteiger partial charge in [-0.15, -0.1) is 0 Å². The Balaban J connectivity index is 2.21. The van der Waals surface area contributed by atoms with E-state index >= 15 is 0 Å². The first kappa shape index (κ1) is 21.3. The normalized spacial score (nSPS) is 13.7. The number of nitrogens with zero attached hydrogens (tertiary/aromatic N) is 1. The lowest BCUT2D eigenvalue weighted by molar-refractivity contribution is -0.122. The molecule has 0 saturated heterocycles. The van der Waals surface area contributed by atoms with Gasteiger partial charge in [0.25, 0.3) is 0 Å². The highest BCUT2D eigenvalue weighted by molar-refractivity contribution is 7.92. The smallest absolute Gasteiger partial charge is 0.244 e. The van der Waals surface area contributed by atoms with Crippen molar-refractivity contribution in [3.8, 4) is 0 Å². The van der Waals surface area contributed by atoms with Crippen LogP contribution in [0.5, 0.6) is 0 Å². The Bertz CT molecular complexity index is 898. The van der Waals surface area contributed by atoms with Crippen LogP contribution in [0.1, 0.15) is 37.9 Å². The van der Waals surface area contributed by atoms with Gasteiger partial charge >= 0.3 is 0 Å². The molecular weight excluding hydrogens is 384 g/mol. The van der Waals surface area contributed by atoms with Crippen molar-refractivity contribution in [3.05, 3.63) is 64.7 Å². The van der Waals surface area contributed by atoms with Crippen molar-refractivity contribution in [2.45, 2.75) is 39.3 Å². The highest BCUT2D eigenvalue weighted by atomic mass is 35.5. The van der Waals surface area contributed by atoms with E-state index in [2.05, 4.69) is 12.2 Å². The van der Waals surface area contributed by atoms with Gasteiger partial charge < -0.3 is 5.32 Å². The number of nitrogens with one attached hydrogen (secondary N) is 1. The van der Waals surface area contributed by atoms with Crippen molar-refractivity contribution in [2.24, 2.45) is 0 Å². The molecule has 0 bridgehead atoms.